The summed E-state index contributed by atoms with van der Waals surface area (Å²) < 4.78 is 26.1. The van der Waals surface area contributed by atoms with E-state index in [1.807, 2.05) is 60.7 Å². The van der Waals surface area contributed by atoms with Crippen molar-refractivity contribution in [1.82, 2.24) is 0 Å². The minimum Gasteiger partial charge on any atom is -0.493 e. The van der Waals surface area contributed by atoms with Crippen LogP contribution in [0.1, 0.15) is 24.8 Å². The van der Waals surface area contributed by atoms with E-state index in [9.17, 15) is 9.18 Å². The number of fused-ring (bicyclic) bond motifs is 3. The summed E-state index contributed by atoms with van der Waals surface area (Å²) >= 11 is 0. The second-order valence-corrected chi connectivity index (χ2v) is 10.0. The predicted octanol–water partition coefficient (Wildman–Crippen LogP) is 6.05. The van der Waals surface area contributed by atoms with Crippen LogP contribution in [0.15, 0.2) is 84.9 Å². The van der Waals surface area contributed by atoms with Crippen LogP contribution in [0.5, 0.6) is 5.75 Å². The molecule has 3 aromatic carbocycles. The number of amides is 1. The minimum atomic E-state index is -0.276. The number of ether oxygens (including phenoxy) is 2. The fourth-order valence-electron chi connectivity index (χ4n) is 5.62. The largest absolute Gasteiger partial charge is 0.493 e. The zero-order valence-corrected chi connectivity index (χ0v) is 20.6. The van der Waals surface area contributed by atoms with Crippen LogP contribution in [0.25, 0.3) is 0 Å². The number of hydrogen-bond acceptors (Lipinski definition) is 3. The molecule has 0 radical (unpaired) electrons. The second kappa shape index (κ2) is 11.1. The monoisotopic (exact) mass is 489 g/mol. The van der Waals surface area contributed by atoms with E-state index in [2.05, 4.69) is 0 Å². The molecule has 3 aliphatic heterocycles. The average Bonchev–Trinajstić information content (AvgIpc) is 2.92. The Hall–Kier alpha value is -3.38. The molecular formula is C30H34FN2O3+. The molecule has 36 heavy (non-hydrogen) atoms. The van der Waals surface area contributed by atoms with Crippen molar-refractivity contribution in [3.63, 3.8) is 0 Å². The van der Waals surface area contributed by atoms with Crippen LogP contribution in [0.3, 0.4) is 0 Å². The fourth-order valence-corrected chi connectivity index (χ4v) is 5.62. The lowest BCUT2D eigenvalue weighted by molar-refractivity contribution is -0.946. The van der Waals surface area contributed by atoms with Gasteiger partial charge in [0.05, 0.1) is 32.8 Å². The molecule has 1 amide bonds. The summed E-state index contributed by atoms with van der Waals surface area (Å²) in [6, 6.07) is 26.0. The van der Waals surface area contributed by atoms with Crippen molar-refractivity contribution in [3.05, 3.63) is 96.3 Å². The normalized spacial score (nSPS) is 22.7. The van der Waals surface area contributed by atoms with E-state index in [4.69, 9.17) is 9.47 Å². The summed E-state index contributed by atoms with van der Waals surface area (Å²) in [6.45, 7) is 5.18. The highest BCUT2D eigenvalue weighted by Crippen LogP contribution is 2.36. The van der Waals surface area contributed by atoms with Crippen LogP contribution >= 0.6 is 0 Å². The first-order chi connectivity index (χ1) is 17.6. The zero-order chi connectivity index (χ0) is 24.8. The van der Waals surface area contributed by atoms with Gasteiger partial charge >= 0.3 is 6.09 Å². The van der Waals surface area contributed by atoms with Crippen molar-refractivity contribution in [1.29, 1.82) is 0 Å². The van der Waals surface area contributed by atoms with Crippen LogP contribution in [-0.4, -0.2) is 49.5 Å². The van der Waals surface area contributed by atoms with Gasteiger partial charge < -0.3 is 14.0 Å². The Labute approximate surface area is 212 Å². The number of piperidine rings is 3. The predicted molar refractivity (Wildman–Crippen MR) is 138 cm³/mol. The molecule has 1 atom stereocenters. The number of benzene rings is 3. The molecule has 2 bridgehead atoms. The van der Waals surface area contributed by atoms with Gasteiger partial charge in [0.1, 0.15) is 18.1 Å². The summed E-state index contributed by atoms with van der Waals surface area (Å²) in [6.07, 6.45) is 2.73. The molecule has 3 aromatic rings. The maximum atomic E-state index is 13.5. The minimum absolute atomic E-state index is 0.0694. The lowest BCUT2D eigenvalue weighted by atomic mass is 9.83. The Bertz CT molecular complexity index is 1120. The topological polar surface area (TPSA) is 38.8 Å². The molecule has 0 spiro atoms. The number of quaternary nitrogens is 1. The van der Waals surface area contributed by atoms with Crippen molar-refractivity contribution in [3.8, 4) is 5.75 Å². The first-order valence-electron chi connectivity index (χ1n) is 12.9. The SMILES string of the molecule is O=C(O[C@H]1C[N+]2(CCCOc3ccc(F)cc3)CCC1CC2)N(Cc1ccccc1)c1ccccc1. The Morgan fingerprint density at radius 1 is 0.917 bits per heavy atom. The molecule has 6 heteroatoms. The van der Waals surface area contributed by atoms with Crippen LogP contribution in [0, 0.1) is 11.7 Å². The summed E-state index contributed by atoms with van der Waals surface area (Å²) in [5.41, 5.74) is 1.91. The highest BCUT2D eigenvalue weighted by molar-refractivity contribution is 5.87. The number of halogens is 1. The van der Waals surface area contributed by atoms with E-state index in [0.717, 1.165) is 61.2 Å². The molecule has 0 aliphatic carbocycles. The molecule has 0 N–H and O–H groups in total. The van der Waals surface area contributed by atoms with E-state index in [1.165, 1.54) is 12.1 Å². The zero-order valence-electron chi connectivity index (χ0n) is 20.6. The van der Waals surface area contributed by atoms with Crippen molar-refractivity contribution in [2.75, 3.05) is 37.7 Å². The van der Waals surface area contributed by atoms with Crippen LogP contribution in [0.4, 0.5) is 14.9 Å². The van der Waals surface area contributed by atoms with Gasteiger partial charge in [-0.3, -0.25) is 4.90 Å². The van der Waals surface area contributed by atoms with Gasteiger partial charge in [-0.25, -0.2) is 9.18 Å². The van der Waals surface area contributed by atoms with Crippen LogP contribution in [-0.2, 0) is 11.3 Å². The smallest absolute Gasteiger partial charge is 0.415 e. The molecule has 188 valence electrons. The van der Waals surface area contributed by atoms with Gasteiger partial charge in [0.2, 0.25) is 0 Å². The Balaban J connectivity index is 1.20. The van der Waals surface area contributed by atoms with Gasteiger partial charge in [0.25, 0.3) is 0 Å². The number of nitrogens with zero attached hydrogens (tertiary/aromatic N) is 2. The maximum absolute atomic E-state index is 13.5. The summed E-state index contributed by atoms with van der Waals surface area (Å²) in [4.78, 5) is 15.2. The van der Waals surface area contributed by atoms with Crippen molar-refractivity contribution >= 4 is 11.8 Å². The van der Waals surface area contributed by atoms with Gasteiger partial charge in [-0.2, -0.15) is 0 Å². The summed E-state index contributed by atoms with van der Waals surface area (Å²) in [7, 11) is 0. The molecule has 0 aromatic heterocycles. The van der Waals surface area contributed by atoms with E-state index in [-0.39, 0.29) is 18.0 Å². The molecule has 0 unspecified atom stereocenters. The molecule has 5 nitrogen and oxygen atoms in total. The Morgan fingerprint density at radius 3 is 2.28 bits per heavy atom. The third-order valence-electron chi connectivity index (χ3n) is 7.62. The van der Waals surface area contributed by atoms with E-state index in [0.29, 0.717) is 24.8 Å². The van der Waals surface area contributed by atoms with E-state index in [1.54, 1.807) is 17.0 Å². The first kappa shape index (κ1) is 24.3. The molecule has 3 heterocycles. The molecular weight excluding hydrogens is 455 g/mol. The van der Waals surface area contributed by atoms with Gasteiger partial charge in [0, 0.05) is 30.9 Å². The molecule has 6 rings (SSSR count). The average molecular weight is 490 g/mol. The van der Waals surface area contributed by atoms with E-state index < -0.39 is 0 Å². The fraction of sp³-hybridized carbons (Fsp3) is 0.367. The van der Waals surface area contributed by atoms with Crippen molar-refractivity contribution in [2.45, 2.75) is 31.9 Å². The third-order valence-corrected chi connectivity index (χ3v) is 7.62. The number of rotatable bonds is 9. The van der Waals surface area contributed by atoms with E-state index >= 15 is 0 Å². The molecule has 3 aliphatic rings. The van der Waals surface area contributed by atoms with Gasteiger partial charge in [-0.05, 0) is 42.0 Å². The summed E-state index contributed by atoms with van der Waals surface area (Å²) in [5, 5.41) is 0. The third kappa shape index (κ3) is 5.88. The second-order valence-electron chi connectivity index (χ2n) is 10.0. The van der Waals surface area contributed by atoms with Gasteiger partial charge in [-0.1, -0.05) is 48.5 Å². The Morgan fingerprint density at radius 2 is 1.58 bits per heavy atom. The van der Waals surface area contributed by atoms with Crippen molar-refractivity contribution in [2.24, 2.45) is 5.92 Å². The molecule has 3 saturated heterocycles. The number of anilines is 1. The van der Waals surface area contributed by atoms with Gasteiger partial charge in [-0.15, -0.1) is 0 Å². The first-order valence-corrected chi connectivity index (χ1v) is 12.9. The number of carbonyl (C=O) groups excluding carboxylic acids is 1. The highest BCUT2D eigenvalue weighted by Gasteiger charge is 2.47. The lowest BCUT2D eigenvalue weighted by Gasteiger charge is -2.52. The quantitative estimate of drug-likeness (QED) is 0.271. The molecule has 3 fully saturated rings. The highest BCUT2D eigenvalue weighted by atomic mass is 19.1. The van der Waals surface area contributed by atoms with Crippen LogP contribution < -0.4 is 9.64 Å². The molecule has 0 saturated carbocycles. The maximum Gasteiger partial charge on any atom is 0.415 e. The van der Waals surface area contributed by atoms with Crippen LogP contribution in [0.2, 0.25) is 0 Å². The van der Waals surface area contributed by atoms with Gasteiger partial charge in [0.15, 0.2) is 6.10 Å². The lowest BCUT2D eigenvalue weighted by Crippen LogP contribution is -2.65. The Kier molecular flexibility index (Phi) is 7.52. The standard InChI is InChI=1S/C30H34FN2O3/c31-26-12-14-28(15-13-26)35-21-7-18-33-19-16-25(17-20-33)29(23-33)36-30(34)32(27-10-5-2-6-11-27)22-24-8-3-1-4-9-24/h1-6,8-15,25,29H,7,16-23H2/q+1/t25?,29-,33?/m0/s1. The summed E-state index contributed by atoms with van der Waals surface area (Å²) in [5.74, 6) is 0.866. The van der Waals surface area contributed by atoms with Crippen molar-refractivity contribution < 1.29 is 23.1 Å². The number of hydrogen-bond donors (Lipinski definition) is 0. The number of carbonyl (C=O) groups is 1. The number of para-hydroxylation sites is 1.